The molecule has 23 heavy (non-hydrogen) atoms. The summed E-state index contributed by atoms with van der Waals surface area (Å²) in [7, 11) is 3.99. The van der Waals surface area contributed by atoms with Gasteiger partial charge < -0.3 is 15.5 Å². The lowest BCUT2D eigenvalue weighted by atomic mass is 10.1. The minimum absolute atomic E-state index is 0.0798. The molecule has 1 unspecified atom stereocenters. The van der Waals surface area contributed by atoms with Crippen molar-refractivity contribution < 1.29 is 4.79 Å². The van der Waals surface area contributed by atoms with Crippen LogP contribution >= 0.6 is 0 Å². The molecule has 0 spiro atoms. The minimum Gasteiger partial charge on any atom is -0.353 e. The summed E-state index contributed by atoms with van der Waals surface area (Å²) in [6.07, 6.45) is 1.59. The second-order valence-electron chi connectivity index (χ2n) is 5.60. The van der Waals surface area contributed by atoms with Crippen LogP contribution in [0, 0.1) is 0 Å². The molecule has 0 bridgehead atoms. The Morgan fingerprint density at radius 3 is 2.65 bits per heavy atom. The summed E-state index contributed by atoms with van der Waals surface area (Å²) in [5, 5.41) is 6.06. The lowest BCUT2D eigenvalue weighted by Crippen LogP contribution is -2.28. The molecular formula is C17H23N5O. The number of nitrogens with one attached hydrogen (secondary N) is 2. The van der Waals surface area contributed by atoms with Gasteiger partial charge in [0.2, 0.25) is 5.95 Å². The monoisotopic (exact) mass is 313 g/mol. The molecule has 1 aromatic carbocycles. The Morgan fingerprint density at radius 2 is 1.96 bits per heavy atom. The molecule has 6 nitrogen and oxygen atoms in total. The van der Waals surface area contributed by atoms with Crippen molar-refractivity contribution in [2.24, 2.45) is 0 Å². The Labute approximate surface area is 137 Å². The normalized spacial score (nSPS) is 12.0. The van der Waals surface area contributed by atoms with E-state index in [4.69, 9.17) is 0 Å². The Balaban J connectivity index is 1.96. The van der Waals surface area contributed by atoms with Gasteiger partial charge in [-0.1, -0.05) is 30.3 Å². The molecule has 2 rings (SSSR count). The number of anilines is 1. The number of aromatic nitrogens is 2. The summed E-state index contributed by atoms with van der Waals surface area (Å²) < 4.78 is 0. The molecule has 122 valence electrons. The van der Waals surface area contributed by atoms with E-state index >= 15 is 0 Å². The Hall–Kier alpha value is -2.47. The quantitative estimate of drug-likeness (QED) is 0.817. The maximum atomic E-state index is 12.3. The highest BCUT2D eigenvalue weighted by Gasteiger charge is 2.13. The van der Waals surface area contributed by atoms with Gasteiger partial charge in [-0.3, -0.25) is 4.79 Å². The van der Waals surface area contributed by atoms with Gasteiger partial charge in [0, 0.05) is 19.3 Å². The van der Waals surface area contributed by atoms with Gasteiger partial charge in [0.25, 0.3) is 5.91 Å². The number of amides is 1. The van der Waals surface area contributed by atoms with Crippen molar-refractivity contribution in [1.82, 2.24) is 20.2 Å². The molecule has 0 aliphatic rings. The van der Waals surface area contributed by atoms with Gasteiger partial charge in [-0.25, -0.2) is 9.97 Å². The lowest BCUT2D eigenvalue weighted by Gasteiger charge is -2.14. The first kappa shape index (κ1) is 16.9. The molecule has 1 amide bonds. The molecule has 0 radical (unpaired) electrons. The van der Waals surface area contributed by atoms with E-state index in [0.29, 0.717) is 11.6 Å². The molecule has 0 saturated heterocycles. The van der Waals surface area contributed by atoms with Crippen LogP contribution in [0.5, 0.6) is 0 Å². The predicted molar refractivity (Wildman–Crippen MR) is 91.4 cm³/mol. The number of benzene rings is 1. The number of likely N-dealkylation sites (N-methyl/N-ethyl adjacent to an activating group) is 1. The van der Waals surface area contributed by atoms with Gasteiger partial charge in [0.05, 0.1) is 6.04 Å². The highest BCUT2D eigenvalue weighted by atomic mass is 16.1. The fourth-order valence-electron chi connectivity index (χ4n) is 2.06. The standard InChI is InChI=1S/C17H23N5O/c1-13(14-7-5-4-6-8-14)20-16(23)15-9-10-18-17(21-15)19-11-12-22(2)3/h4-10,13H,11-12H2,1-3H3,(H,20,23)(H,18,19,21). The highest BCUT2D eigenvalue weighted by Crippen LogP contribution is 2.12. The van der Waals surface area contributed by atoms with Crippen molar-refractivity contribution in [2.75, 3.05) is 32.5 Å². The van der Waals surface area contributed by atoms with E-state index in [1.165, 1.54) is 0 Å². The summed E-state index contributed by atoms with van der Waals surface area (Å²) in [5.41, 5.74) is 1.41. The smallest absolute Gasteiger partial charge is 0.270 e. The largest absolute Gasteiger partial charge is 0.353 e. The van der Waals surface area contributed by atoms with Crippen LogP contribution in [-0.2, 0) is 0 Å². The number of carbonyl (C=O) groups is 1. The zero-order valence-electron chi connectivity index (χ0n) is 13.8. The van der Waals surface area contributed by atoms with Crippen molar-refractivity contribution >= 4 is 11.9 Å². The maximum absolute atomic E-state index is 12.3. The zero-order valence-corrected chi connectivity index (χ0v) is 13.8. The van der Waals surface area contributed by atoms with Crippen molar-refractivity contribution in [3.63, 3.8) is 0 Å². The SMILES string of the molecule is CC(NC(=O)c1ccnc(NCCN(C)C)n1)c1ccccc1. The summed E-state index contributed by atoms with van der Waals surface area (Å²) in [5.74, 6) is 0.256. The summed E-state index contributed by atoms with van der Waals surface area (Å²) in [4.78, 5) is 22.8. The Bertz CT molecular complexity index is 630. The van der Waals surface area contributed by atoms with Gasteiger partial charge in [-0.2, -0.15) is 0 Å². The van der Waals surface area contributed by atoms with Crippen molar-refractivity contribution in [3.8, 4) is 0 Å². The van der Waals surface area contributed by atoms with E-state index in [1.807, 2.05) is 51.4 Å². The van der Waals surface area contributed by atoms with Gasteiger partial charge in [0.15, 0.2) is 0 Å². The van der Waals surface area contributed by atoms with Crippen LogP contribution in [0.2, 0.25) is 0 Å². The first-order chi connectivity index (χ1) is 11.1. The van der Waals surface area contributed by atoms with E-state index in [0.717, 1.165) is 18.7 Å². The second-order valence-corrected chi connectivity index (χ2v) is 5.60. The van der Waals surface area contributed by atoms with Crippen LogP contribution < -0.4 is 10.6 Å². The van der Waals surface area contributed by atoms with Gasteiger partial charge in [0.1, 0.15) is 5.69 Å². The zero-order chi connectivity index (χ0) is 16.7. The molecule has 2 N–H and O–H groups in total. The minimum atomic E-state index is -0.209. The Morgan fingerprint density at radius 1 is 1.22 bits per heavy atom. The van der Waals surface area contributed by atoms with Crippen LogP contribution in [0.25, 0.3) is 0 Å². The van der Waals surface area contributed by atoms with Crippen LogP contribution in [0.1, 0.15) is 29.0 Å². The van der Waals surface area contributed by atoms with E-state index in [9.17, 15) is 4.79 Å². The van der Waals surface area contributed by atoms with Crippen molar-refractivity contribution in [3.05, 3.63) is 53.9 Å². The Kier molecular flexibility index (Phi) is 6.05. The van der Waals surface area contributed by atoms with Gasteiger partial charge in [-0.05, 0) is 32.6 Å². The van der Waals surface area contributed by atoms with Gasteiger partial charge >= 0.3 is 0 Å². The maximum Gasteiger partial charge on any atom is 0.270 e. The molecular weight excluding hydrogens is 290 g/mol. The van der Waals surface area contributed by atoms with Crippen LogP contribution in [0.15, 0.2) is 42.6 Å². The topological polar surface area (TPSA) is 70.2 Å². The summed E-state index contributed by atoms with van der Waals surface area (Å²) in [6, 6.07) is 11.4. The average molecular weight is 313 g/mol. The summed E-state index contributed by atoms with van der Waals surface area (Å²) in [6.45, 7) is 3.54. The molecule has 2 aromatic rings. The average Bonchev–Trinajstić information content (AvgIpc) is 2.55. The third kappa shape index (κ3) is 5.34. The fourth-order valence-corrected chi connectivity index (χ4v) is 2.06. The molecule has 0 fully saturated rings. The third-order valence-electron chi connectivity index (χ3n) is 3.38. The number of rotatable bonds is 7. The fraction of sp³-hybridized carbons (Fsp3) is 0.353. The van der Waals surface area contributed by atoms with E-state index in [1.54, 1.807) is 12.3 Å². The first-order valence-electron chi connectivity index (χ1n) is 7.63. The first-order valence-corrected chi connectivity index (χ1v) is 7.63. The molecule has 1 aromatic heterocycles. The van der Waals surface area contributed by atoms with Crippen LogP contribution in [0.4, 0.5) is 5.95 Å². The second kappa shape index (κ2) is 8.24. The molecule has 0 aliphatic carbocycles. The lowest BCUT2D eigenvalue weighted by molar-refractivity contribution is 0.0935. The number of nitrogens with zero attached hydrogens (tertiary/aromatic N) is 3. The number of carbonyl (C=O) groups excluding carboxylic acids is 1. The molecule has 1 atom stereocenters. The summed E-state index contributed by atoms with van der Waals surface area (Å²) >= 11 is 0. The number of hydrogen-bond donors (Lipinski definition) is 2. The van der Waals surface area contributed by atoms with Crippen LogP contribution in [0.3, 0.4) is 0 Å². The molecule has 6 heteroatoms. The van der Waals surface area contributed by atoms with Gasteiger partial charge in [-0.15, -0.1) is 0 Å². The van der Waals surface area contributed by atoms with Crippen LogP contribution in [-0.4, -0.2) is 48.0 Å². The predicted octanol–water partition coefficient (Wildman–Crippen LogP) is 1.94. The van der Waals surface area contributed by atoms with E-state index in [2.05, 4.69) is 25.5 Å². The van der Waals surface area contributed by atoms with E-state index in [-0.39, 0.29) is 11.9 Å². The van der Waals surface area contributed by atoms with Crippen molar-refractivity contribution in [2.45, 2.75) is 13.0 Å². The van der Waals surface area contributed by atoms with E-state index < -0.39 is 0 Å². The third-order valence-corrected chi connectivity index (χ3v) is 3.38. The molecule has 0 aliphatic heterocycles. The van der Waals surface area contributed by atoms with Crippen molar-refractivity contribution in [1.29, 1.82) is 0 Å². The number of hydrogen-bond acceptors (Lipinski definition) is 5. The highest BCUT2D eigenvalue weighted by molar-refractivity contribution is 5.92. The molecule has 1 heterocycles. The molecule has 0 saturated carbocycles.